The fraction of sp³-hybridized carbons (Fsp3) is 0.333. The summed E-state index contributed by atoms with van der Waals surface area (Å²) >= 11 is 0. The molecule has 0 bridgehead atoms. The molecule has 0 aliphatic rings. The molecule has 0 spiro atoms. The van der Waals surface area contributed by atoms with Crippen LogP contribution in [0.5, 0.6) is 5.75 Å². The summed E-state index contributed by atoms with van der Waals surface area (Å²) in [7, 11) is 3.11. The van der Waals surface area contributed by atoms with E-state index < -0.39 is 17.9 Å². The molecule has 1 unspecified atom stereocenters. The highest BCUT2D eigenvalue weighted by Crippen LogP contribution is 2.26. The van der Waals surface area contributed by atoms with E-state index in [9.17, 15) is 9.59 Å². The second-order valence-electron chi connectivity index (χ2n) is 6.41. The van der Waals surface area contributed by atoms with E-state index in [0.717, 1.165) is 11.1 Å². The van der Waals surface area contributed by atoms with Gasteiger partial charge in [-0.3, -0.25) is 9.59 Å². The number of para-hydroxylation sites is 1. The molecule has 2 N–H and O–H groups in total. The van der Waals surface area contributed by atoms with E-state index >= 15 is 0 Å². The Labute approximate surface area is 159 Å². The molecule has 6 heteroatoms. The van der Waals surface area contributed by atoms with Crippen molar-refractivity contribution in [2.24, 2.45) is 0 Å². The molecule has 0 aromatic heterocycles. The van der Waals surface area contributed by atoms with Crippen molar-refractivity contribution in [1.29, 1.82) is 0 Å². The van der Waals surface area contributed by atoms with Gasteiger partial charge in [0, 0.05) is 24.9 Å². The van der Waals surface area contributed by atoms with E-state index in [4.69, 9.17) is 9.47 Å². The monoisotopic (exact) mass is 370 g/mol. The number of carbonyl (C=O) groups excluding carboxylic acids is 2. The first-order chi connectivity index (χ1) is 13.0. The lowest BCUT2D eigenvalue weighted by Crippen LogP contribution is -2.38. The SMILES string of the molecule is COc1ccccc1C(CNC(=O)C(=O)Nc1ccc(C(C)C)cc1)OC. The fourth-order valence-corrected chi connectivity index (χ4v) is 2.66. The van der Waals surface area contributed by atoms with Gasteiger partial charge in [0.25, 0.3) is 0 Å². The lowest BCUT2D eigenvalue weighted by molar-refractivity contribution is -0.136. The quantitative estimate of drug-likeness (QED) is 0.734. The number of methoxy groups -OCH3 is 2. The number of carbonyl (C=O) groups is 2. The molecule has 2 aromatic rings. The van der Waals surface area contributed by atoms with Crippen LogP contribution in [0, 0.1) is 0 Å². The number of amides is 2. The highest BCUT2D eigenvalue weighted by atomic mass is 16.5. The summed E-state index contributed by atoms with van der Waals surface area (Å²) in [6.45, 7) is 4.33. The summed E-state index contributed by atoms with van der Waals surface area (Å²) in [5.41, 5.74) is 2.54. The standard InChI is InChI=1S/C21H26N2O4/c1-14(2)15-9-11-16(12-10-15)23-21(25)20(24)22-13-19(27-4)17-7-5-6-8-18(17)26-3/h5-12,14,19H,13H2,1-4H3,(H,22,24)(H,23,25). The second-order valence-corrected chi connectivity index (χ2v) is 6.41. The van der Waals surface area contributed by atoms with E-state index in [-0.39, 0.29) is 6.54 Å². The van der Waals surface area contributed by atoms with Gasteiger partial charge in [0.1, 0.15) is 11.9 Å². The third-order valence-corrected chi connectivity index (χ3v) is 4.26. The normalized spacial score (nSPS) is 11.7. The summed E-state index contributed by atoms with van der Waals surface area (Å²) in [5, 5.41) is 5.20. The van der Waals surface area contributed by atoms with Crippen LogP contribution in [-0.4, -0.2) is 32.6 Å². The fourth-order valence-electron chi connectivity index (χ4n) is 2.66. The molecule has 6 nitrogen and oxygen atoms in total. The smallest absolute Gasteiger partial charge is 0.313 e. The van der Waals surface area contributed by atoms with Gasteiger partial charge in [-0.2, -0.15) is 0 Å². The number of benzene rings is 2. The molecular weight excluding hydrogens is 344 g/mol. The molecule has 1 atom stereocenters. The molecular formula is C21H26N2O4. The average molecular weight is 370 g/mol. The topological polar surface area (TPSA) is 76.7 Å². The Hall–Kier alpha value is -2.86. The molecule has 0 heterocycles. The zero-order chi connectivity index (χ0) is 19.8. The maximum atomic E-state index is 12.1. The first kappa shape index (κ1) is 20.5. The van der Waals surface area contributed by atoms with Crippen LogP contribution in [0.3, 0.4) is 0 Å². The Morgan fingerprint density at radius 2 is 1.63 bits per heavy atom. The van der Waals surface area contributed by atoms with Crippen molar-refractivity contribution >= 4 is 17.5 Å². The van der Waals surface area contributed by atoms with Gasteiger partial charge < -0.3 is 20.1 Å². The van der Waals surface area contributed by atoms with Gasteiger partial charge >= 0.3 is 11.8 Å². The molecule has 0 aliphatic carbocycles. The molecule has 0 fully saturated rings. The van der Waals surface area contributed by atoms with Gasteiger partial charge in [-0.15, -0.1) is 0 Å². The highest BCUT2D eigenvalue weighted by molar-refractivity contribution is 6.39. The third-order valence-electron chi connectivity index (χ3n) is 4.26. The van der Waals surface area contributed by atoms with Crippen LogP contribution >= 0.6 is 0 Å². The molecule has 144 valence electrons. The lowest BCUT2D eigenvalue weighted by atomic mass is 10.0. The number of hydrogen-bond donors (Lipinski definition) is 2. The van der Waals surface area contributed by atoms with Crippen molar-refractivity contribution in [2.45, 2.75) is 25.9 Å². The van der Waals surface area contributed by atoms with E-state index in [1.807, 2.05) is 36.4 Å². The van der Waals surface area contributed by atoms with Gasteiger partial charge in [0.05, 0.1) is 7.11 Å². The summed E-state index contributed by atoms with van der Waals surface area (Å²) in [4.78, 5) is 24.2. The molecule has 2 aromatic carbocycles. The van der Waals surface area contributed by atoms with Crippen molar-refractivity contribution in [3.8, 4) is 5.75 Å². The molecule has 0 saturated carbocycles. The second kappa shape index (κ2) is 9.73. The van der Waals surface area contributed by atoms with Crippen LogP contribution in [0.1, 0.15) is 37.0 Å². The van der Waals surface area contributed by atoms with Crippen molar-refractivity contribution in [3.63, 3.8) is 0 Å². The Morgan fingerprint density at radius 3 is 2.22 bits per heavy atom. The number of anilines is 1. The van der Waals surface area contributed by atoms with Gasteiger partial charge in [-0.05, 0) is 29.7 Å². The molecule has 27 heavy (non-hydrogen) atoms. The minimum Gasteiger partial charge on any atom is -0.496 e. The Kier molecular flexibility index (Phi) is 7.37. The van der Waals surface area contributed by atoms with Gasteiger partial charge in [0.15, 0.2) is 0 Å². The van der Waals surface area contributed by atoms with Gasteiger partial charge in [0.2, 0.25) is 0 Å². The first-order valence-corrected chi connectivity index (χ1v) is 8.81. The largest absolute Gasteiger partial charge is 0.496 e. The molecule has 2 amide bonds. The Morgan fingerprint density at radius 1 is 0.963 bits per heavy atom. The summed E-state index contributed by atoms with van der Waals surface area (Å²) < 4.78 is 10.8. The summed E-state index contributed by atoms with van der Waals surface area (Å²) in [6.07, 6.45) is -0.428. The molecule has 0 aliphatic heterocycles. The predicted molar refractivity (Wildman–Crippen MR) is 105 cm³/mol. The number of ether oxygens (including phenoxy) is 2. The van der Waals surface area contributed by atoms with E-state index in [1.165, 1.54) is 0 Å². The minimum atomic E-state index is -0.722. The summed E-state index contributed by atoms with van der Waals surface area (Å²) in [5.74, 6) is -0.380. The number of hydrogen-bond acceptors (Lipinski definition) is 4. The molecule has 0 radical (unpaired) electrons. The Bertz CT molecular complexity index is 772. The van der Waals surface area contributed by atoms with Crippen molar-refractivity contribution in [3.05, 3.63) is 59.7 Å². The van der Waals surface area contributed by atoms with Crippen molar-refractivity contribution in [2.75, 3.05) is 26.1 Å². The third kappa shape index (κ3) is 5.56. The lowest BCUT2D eigenvalue weighted by Gasteiger charge is -2.19. The van der Waals surface area contributed by atoms with E-state index in [2.05, 4.69) is 24.5 Å². The maximum absolute atomic E-state index is 12.1. The zero-order valence-corrected chi connectivity index (χ0v) is 16.1. The van der Waals surface area contributed by atoms with Crippen molar-refractivity contribution in [1.82, 2.24) is 5.32 Å². The van der Waals surface area contributed by atoms with Crippen molar-refractivity contribution < 1.29 is 19.1 Å². The van der Waals surface area contributed by atoms with Crippen LogP contribution in [0.4, 0.5) is 5.69 Å². The van der Waals surface area contributed by atoms with E-state index in [0.29, 0.717) is 17.4 Å². The molecule has 0 saturated heterocycles. The van der Waals surface area contributed by atoms with Gasteiger partial charge in [-0.25, -0.2) is 0 Å². The highest BCUT2D eigenvalue weighted by Gasteiger charge is 2.19. The van der Waals surface area contributed by atoms with Crippen LogP contribution in [0.2, 0.25) is 0 Å². The summed E-state index contributed by atoms with van der Waals surface area (Å²) in [6, 6.07) is 14.8. The van der Waals surface area contributed by atoms with Crippen LogP contribution in [0.25, 0.3) is 0 Å². The van der Waals surface area contributed by atoms with Crippen LogP contribution in [0.15, 0.2) is 48.5 Å². The number of rotatable bonds is 7. The predicted octanol–water partition coefficient (Wildman–Crippen LogP) is 3.26. The zero-order valence-electron chi connectivity index (χ0n) is 16.1. The minimum absolute atomic E-state index is 0.148. The molecule has 2 rings (SSSR count). The van der Waals surface area contributed by atoms with Crippen LogP contribution in [-0.2, 0) is 14.3 Å². The Balaban J connectivity index is 1.94. The van der Waals surface area contributed by atoms with Gasteiger partial charge in [-0.1, -0.05) is 44.2 Å². The first-order valence-electron chi connectivity index (χ1n) is 8.81. The number of nitrogens with one attached hydrogen (secondary N) is 2. The maximum Gasteiger partial charge on any atom is 0.313 e. The van der Waals surface area contributed by atoms with Crippen LogP contribution < -0.4 is 15.4 Å². The average Bonchev–Trinajstić information content (AvgIpc) is 2.68. The van der Waals surface area contributed by atoms with E-state index in [1.54, 1.807) is 26.4 Å².